The highest BCUT2D eigenvalue weighted by Gasteiger charge is 2.29. The summed E-state index contributed by atoms with van der Waals surface area (Å²) < 4.78 is 1.98. The Morgan fingerprint density at radius 1 is 1.12 bits per heavy atom. The topological polar surface area (TPSA) is 63.8 Å². The molecule has 5 nitrogen and oxygen atoms in total. The van der Waals surface area contributed by atoms with Crippen LogP contribution in [0.15, 0.2) is 42.7 Å². The minimum absolute atomic E-state index is 0.297. The van der Waals surface area contributed by atoms with Crippen LogP contribution in [0, 0.1) is 6.92 Å². The van der Waals surface area contributed by atoms with Crippen LogP contribution in [0.25, 0.3) is 5.69 Å². The molecule has 2 aromatic heterocycles. The number of pyridine rings is 1. The van der Waals surface area contributed by atoms with Gasteiger partial charge in [-0.1, -0.05) is 12.1 Å². The number of phenolic OH excluding ortho intramolecular Hbond substituents is 1. The van der Waals surface area contributed by atoms with Crippen molar-refractivity contribution in [3.8, 4) is 11.4 Å². The van der Waals surface area contributed by atoms with Gasteiger partial charge in [0.2, 0.25) is 0 Å². The van der Waals surface area contributed by atoms with Crippen molar-refractivity contribution in [1.82, 2.24) is 19.7 Å². The summed E-state index contributed by atoms with van der Waals surface area (Å²) in [5.41, 5.74) is 3.32. The van der Waals surface area contributed by atoms with Crippen molar-refractivity contribution in [1.29, 1.82) is 0 Å². The minimum atomic E-state index is 0.297. The first kappa shape index (κ1) is 14.9. The number of aromatic hydroxyl groups is 1. The average Bonchev–Trinajstić information content (AvgIpc) is 3.36. The van der Waals surface area contributed by atoms with Gasteiger partial charge in [-0.05, 0) is 55.5 Å². The molecule has 0 amide bonds. The first-order chi connectivity index (χ1) is 11.7. The van der Waals surface area contributed by atoms with E-state index in [1.807, 2.05) is 36.0 Å². The van der Waals surface area contributed by atoms with Crippen LogP contribution in [0.5, 0.6) is 5.75 Å². The first-order valence-corrected chi connectivity index (χ1v) is 8.35. The van der Waals surface area contributed by atoms with Crippen molar-refractivity contribution in [2.24, 2.45) is 0 Å². The molecule has 24 heavy (non-hydrogen) atoms. The Morgan fingerprint density at radius 2 is 1.92 bits per heavy atom. The fourth-order valence-electron chi connectivity index (χ4n) is 2.85. The van der Waals surface area contributed by atoms with E-state index >= 15 is 0 Å². The zero-order chi connectivity index (χ0) is 16.5. The van der Waals surface area contributed by atoms with Gasteiger partial charge in [0.25, 0.3) is 0 Å². The molecule has 0 bridgehead atoms. The van der Waals surface area contributed by atoms with Crippen LogP contribution in [-0.2, 0) is 12.8 Å². The normalized spacial score (nSPS) is 14.0. The predicted octanol–water partition coefficient (Wildman–Crippen LogP) is 3.34. The Morgan fingerprint density at radius 3 is 2.62 bits per heavy atom. The van der Waals surface area contributed by atoms with Crippen LogP contribution in [-0.4, -0.2) is 24.9 Å². The summed E-state index contributed by atoms with van der Waals surface area (Å²) in [6.07, 6.45) is 7.72. The fourth-order valence-corrected chi connectivity index (χ4v) is 2.85. The van der Waals surface area contributed by atoms with E-state index in [4.69, 9.17) is 10.1 Å². The lowest BCUT2D eigenvalue weighted by Crippen LogP contribution is -2.06. The molecule has 0 spiro atoms. The average molecular weight is 320 g/mol. The summed E-state index contributed by atoms with van der Waals surface area (Å²) >= 11 is 0. The molecule has 3 aromatic rings. The van der Waals surface area contributed by atoms with Gasteiger partial charge in [0.15, 0.2) is 5.82 Å². The van der Waals surface area contributed by atoms with Crippen molar-refractivity contribution in [3.63, 3.8) is 0 Å². The van der Waals surface area contributed by atoms with E-state index in [-0.39, 0.29) is 0 Å². The molecule has 1 fully saturated rings. The number of phenols is 1. The van der Waals surface area contributed by atoms with Crippen molar-refractivity contribution >= 4 is 0 Å². The first-order valence-electron chi connectivity index (χ1n) is 8.35. The van der Waals surface area contributed by atoms with Crippen LogP contribution >= 0.6 is 0 Å². The summed E-state index contributed by atoms with van der Waals surface area (Å²) in [5, 5.41) is 14.2. The lowest BCUT2D eigenvalue weighted by molar-refractivity contribution is 0.475. The molecule has 1 saturated carbocycles. The van der Waals surface area contributed by atoms with E-state index in [0.29, 0.717) is 11.7 Å². The number of aromatic nitrogens is 4. The largest absolute Gasteiger partial charge is 0.508 e. The molecule has 1 aliphatic rings. The van der Waals surface area contributed by atoms with Gasteiger partial charge in [0, 0.05) is 24.7 Å². The molecule has 4 rings (SSSR count). The molecule has 1 aromatic carbocycles. The highest BCUT2D eigenvalue weighted by atomic mass is 16.3. The molecule has 122 valence electrons. The maximum Gasteiger partial charge on any atom is 0.154 e. The van der Waals surface area contributed by atoms with E-state index in [1.54, 1.807) is 18.3 Å². The van der Waals surface area contributed by atoms with Crippen LogP contribution < -0.4 is 0 Å². The second kappa shape index (κ2) is 6.07. The number of nitrogens with zero attached hydrogens (tertiary/aromatic N) is 4. The molecule has 0 unspecified atom stereocenters. The third-order valence-corrected chi connectivity index (χ3v) is 4.43. The number of hydrogen-bond donors (Lipinski definition) is 1. The second-order valence-corrected chi connectivity index (χ2v) is 6.40. The summed E-state index contributed by atoms with van der Waals surface area (Å²) in [6, 6.07) is 9.35. The maximum absolute atomic E-state index is 9.40. The zero-order valence-corrected chi connectivity index (χ0v) is 13.7. The number of rotatable bonds is 5. The Labute approximate surface area is 141 Å². The van der Waals surface area contributed by atoms with Crippen LogP contribution in [0.1, 0.15) is 41.5 Å². The van der Waals surface area contributed by atoms with Crippen molar-refractivity contribution < 1.29 is 5.11 Å². The fraction of sp³-hybridized carbons (Fsp3) is 0.316. The van der Waals surface area contributed by atoms with Gasteiger partial charge < -0.3 is 5.11 Å². The highest BCUT2D eigenvalue weighted by molar-refractivity contribution is 5.38. The molecule has 0 saturated heterocycles. The van der Waals surface area contributed by atoms with Gasteiger partial charge >= 0.3 is 0 Å². The molecule has 1 N–H and O–H groups in total. The summed E-state index contributed by atoms with van der Waals surface area (Å²) in [6.45, 7) is 2.05. The maximum atomic E-state index is 9.40. The molecule has 0 aliphatic heterocycles. The van der Waals surface area contributed by atoms with Crippen molar-refractivity contribution in [2.75, 3.05) is 0 Å². The Bertz CT molecular complexity index is 850. The molecule has 5 heteroatoms. The number of benzene rings is 1. The lowest BCUT2D eigenvalue weighted by Gasteiger charge is -2.08. The molecular weight excluding hydrogens is 300 g/mol. The predicted molar refractivity (Wildman–Crippen MR) is 91.4 cm³/mol. The van der Waals surface area contributed by atoms with Gasteiger partial charge in [-0.3, -0.25) is 4.98 Å². The standard InChI is InChI=1S/C19H20N4O/c1-13-12-20-11-10-17(13)23-18(21-19(22-23)15-5-6-15)9-4-14-2-7-16(24)8-3-14/h2-3,7-8,10-12,15,24H,4-6,9H2,1H3. The Kier molecular flexibility index (Phi) is 3.76. The monoisotopic (exact) mass is 320 g/mol. The van der Waals surface area contributed by atoms with Crippen molar-refractivity contribution in [3.05, 3.63) is 65.5 Å². The minimum Gasteiger partial charge on any atom is -0.508 e. The molecular formula is C19H20N4O. The zero-order valence-electron chi connectivity index (χ0n) is 13.7. The van der Waals surface area contributed by atoms with Crippen LogP contribution in [0.4, 0.5) is 0 Å². The van der Waals surface area contributed by atoms with Crippen molar-refractivity contribution in [2.45, 2.75) is 38.5 Å². The molecule has 0 atom stereocenters. The smallest absolute Gasteiger partial charge is 0.154 e. The van der Waals surface area contributed by atoms with Gasteiger partial charge in [-0.2, -0.15) is 5.10 Å². The quantitative estimate of drug-likeness (QED) is 0.783. The van der Waals surface area contributed by atoms with E-state index in [9.17, 15) is 5.11 Å². The summed E-state index contributed by atoms with van der Waals surface area (Å²) in [4.78, 5) is 8.98. The SMILES string of the molecule is Cc1cnccc1-n1nc(C2CC2)nc1CCc1ccc(O)cc1. The van der Waals surface area contributed by atoms with Crippen LogP contribution in [0.2, 0.25) is 0 Å². The van der Waals surface area contributed by atoms with Crippen LogP contribution in [0.3, 0.4) is 0 Å². The van der Waals surface area contributed by atoms with Gasteiger partial charge in [0.1, 0.15) is 11.6 Å². The third kappa shape index (κ3) is 3.02. The highest BCUT2D eigenvalue weighted by Crippen LogP contribution is 2.38. The molecule has 1 aliphatic carbocycles. The Balaban J connectivity index is 1.63. The molecule has 0 radical (unpaired) electrons. The molecule has 2 heterocycles. The van der Waals surface area contributed by atoms with Gasteiger partial charge in [-0.25, -0.2) is 9.67 Å². The van der Waals surface area contributed by atoms with E-state index in [2.05, 4.69) is 4.98 Å². The number of aryl methyl sites for hydroxylation is 3. The summed E-state index contributed by atoms with van der Waals surface area (Å²) in [7, 11) is 0. The second-order valence-electron chi connectivity index (χ2n) is 6.40. The third-order valence-electron chi connectivity index (χ3n) is 4.43. The van der Waals surface area contributed by atoms with Gasteiger partial charge in [-0.15, -0.1) is 0 Å². The van der Waals surface area contributed by atoms with E-state index in [0.717, 1.165) is 35.7 Å². The lowest BCUT2D eigenvalue weighted by atomic mass is 10.1. The Hall–Kier alpha value is -2.69. The van der Waals surface area contributed by atoms with E-state index < -0.39 is 0 Å². The van der Waals surface area contributed by atoms with Gasteiger partial charge in [0.05, 0.1) is 5.69 Å². The van der Waals surface area contributed by atoms with E-state index in [1.165, 1.54) is 18.4 Å². The summed E-state index contributed by atoms with van der Waals surface area (Å²) in [5.74, 6) is 2.78. The number of hydrogen-bond acceptors (Lipinski definition) is 4.